The highest BCUT2D eigenvalue weighted by Gasteiger charge is 2.07. The Morgan fingerprint density at radius 1 is 1.42 bits per heavy atom. The number of hydrogen-bond donors (Lipinski definition) is 2. The van der Waals surface area contributed by atoms with Gasteiger partial charge in [0.25, 0.3) is 0 Å². The summed E-state index contributed by atoms with van der Waals surface area (Å²) in [5.41, 5.74) is 1.79. The quantitative estimate of drug-likeness (QED) is 0.882. The Hall–Kier alpha value is -1.79. The molecular weight excluding hydrogens is 270 g/mol. The van der Waals surface area contributed by atoms with Crippen molar-refractivity contribution in [3.8, 4) is 0 Å². The molecule has 0 spiro atoms. The molecule has 104 valence electrons. The maximum Gasteiger partial charge on any atom is 0.419 e. The molecule has 0 fully saturated rings. The van der Waals surface area contributed by atoms with Gasteiger partial charge in [0.1, 0.15) is 0 Å². The second-order valence-corrected chi connectivity index (χ2v) is 4.01. The fraction of sp³-hybridized carbons (Fsp3) is 0.333. The van der Waals surface area contributed by atoms with E-state index in [-0.39, 0.29) is 18.3 Å². The number of halogens is 1. The van der Waals surface area contributed by atoms with E-state index in [0.29, 0.717) is 29.8 Å². The molecule has 0 atom stereocenters. The van der Waals surface area contributed by atoms with Gasteiger partial charge >= 0.3 is 5.76 Å². The Balaban J connectivity index is 0.00000180. The second kappa shape index (κ2) is 6.40. The van der Waals surface area contributed by atoms with Crippen molar-refractivity contribution in [3.05, 3.63) is 28.7 Å². The van der Waals surface area contributed by atoms with Gasteiger partial charge in [-0.15, -0.1) is 12.4 Å². The van der Waals surface area contributed by atoms with Gasteiger partial charge in [0, 0.05) is 31.8 Å². The molecule has 0 aliphatic rings. The third-order valence-electron chi connectivity index (χ3n) is 2.68. The van der Waals surface area contributed by atoms with Gasteiger partial charge in [-0.3, -0.25) is 9.36 Å². The molecular formula is C12H16ClN3O3. The van der Waals surface area contributed by atoms with Crippen LogP contribution in [0.2, 0.25) is 0 Å². The van der Waals surface area contributed by atoms with Gasteiger partial charge in [-0.2, -0.15) is 0 Å². The first-order valence-electron chi connectivity index (χ1n) is 5.66. The maximum absolute atomic E-state index is 11.5. The number of carbonyl (C=O) groups excluding carboxylic acids is 1. The molecule has 7 heteroatoms. The number of oxazole rings is 1. The third-order valence-corrected chi connectivity index (χ3v) is 2.68. The second-order valence-electron chi connectivity index (χ2n) is 4.01. The fourth-order valence-electron chi connectivity index (χ4n) is 1.67. The molecule has 0 unspecified atom stereocenters. The summed E-state index contributed by atoms with van der Waals surface area (Å²) in [7, 11) is 3.43. The van der Waals surface area contributed by atoms with E-state index in [1.165, 1.54) is 4.57 Å². The number of anilines is 1. The van der Waals surface area contributed by atoms with Gasteiger partial charge in [-0.05, 0) is 19.2 Å². The minimum absolute atomic E-state index is 0. The minimum atomic E-state index is -0.413. The largest absolute Gasteiger partial charge is 0.419 e. The van der Waals surface area contributed by atoms with Gasteiger partial charge in [0.2, 0.25) is 5.91 Å². The molecule has 1 amide bonds. The van der Waals surface area contributed by atoms with E-state index in [9.17, 15) is 9.59 Å². The summed E-state index contributed by atoms with van der Waals surface area (Å²) in [6, 6.07) is 5.14. The Morgan fingerprint density at radius 3 is 2.84 bits per heavy atom. The number of hydrogen-bond acceptors (Lipinski definition) is 4. The van der Waals surface area contributed by atoms with Crippen LogP contribution in [0.25, 0.3) is 11.1 Å². The van der Waals surface area contributed by atoms with Crippen molar-refractivity contribution in [2.75, 3.05) is 18.9 Å². The lowest BCUT2D eigenvalue weighted by Crippen LogP contribution is -2.18. The SMILES string of the molecule is CNCCC(=O)Nc1ccc2c(c1)oc(=O)n2C.Cl. The molecule has 6 nitrogen and oxygen atoms in total. The lowest BCUT2D eigenvalue weighted by Gasteiger charge is -2.04. The van der Waals surface area contributed by atoms with Gasteiger partial charge < -0.3 is 15.1 Å². The van der Waals surface area contributed by atoms with Gasteiger partial charge in [-0.1, -0.05) is 0 Å². The number of rotatable bonds is 4. The third kappa shape index (κ3) is 3.36. The van der Waals surface area contributed by atoms with Crippen LogP contribution >= 0.6 is 12.4 Å². The van der Waals surface area contributed by atoms with E-state index in [2.05, 4.69) is 10.6 Å². The van der Waals surface area contributed by atoms with Crippen molar-refractivity contribution in [2.45, 2.75) is 6.42 Å². The Morgan fingerprint density at radius 2 is 2.16 bits per heavy atom. The van der Waals surface area contributed by atoms with Gasteiger partial charge in [0.15, 0.2) is 5.58 Å². The number of carbonyl (C=O) groups is 1. The van der Waals surface area contributed by atoms with Crippen LogP contribution in [0.15, 0.2) is 27.4 Å². The van der Waals surface area contributed by atoms with Crippen LogP contribution in [0, 0.1) is 0 Å². The van der Waals surface area contributed by atoms with Crippen LogP contribution in [0.5, 0.6) is 0 Å². The summed E-state index contributed by atoms with van der Waals surface area (Å²) < 4.78 is 6.46. The van der Waals surface area contributed by atoms with Crippen molar-refractivity contribution >= 4 is 35.1 Å². The number of nitrogens with one attached hydrogen (secondary N) is 2. The number of nitrogens with zero attached hydrogens (tertiary/aromatic N) is 1. The standard InChI is InChI=1S/C12H15N3O3.ClH/c1-13-6-5-11(16)14-8-3-4-9-10(7-8)18-12(17)15(9)2;/h3-4,7,13H,5-6H2,1-2H3,(H,14,16);1H. The fourth-order valence-corrected chi connectivity index (χ4v) is 1.67. The molecule has 0 bridgehead atoms. The van der Waals surface area contributed by atoms with Crippen LogP contribution in [0.1, 0.15) is 6.42 Å². The van der Waals surface area contributed by atoms with Crippen LogP contribution in [-0.2, 0) is 11.8 Å². The van der Waals surface area contributed by atoms with Crippen molar-refractivity contribution in [1.29, 1.82) is 0 Å². The first kappa shape index (κ1) is 15.3. The topological polar surface area (TPSA) is 76.3 Å². The zero-order valence-electron chi connectivity index (χ0n) is 10.7. The van der Waals surface area contributed by atoms with Crippen molar-refractivity contribution in [3.63, 3.8) is 0 Å². The number of benzene rings is 1. The summed E-state index contributed by atoms with van der Waals surface area (Å²) in [6.07, 6.45) is 0.396. The van der Waals surface area contributed by atoms with E-state index in [1.807, 2.05) is 0 Å². The summed E-state index contributed by atoms with van der Waals surface area (Å²) in [6.45, 7) is 0.620. The highest BCUT2D eigenvalue weighted by Crippen LogP contribution is 2.17. The average molecular weight is 286 g/mol. The molecule has 1 heterocycles. The summed E-state index contributed by atoms with van der Waals surface area (Å²) in [4.78, 5) is 22.8. The molecule has 2 rings (SSSR count). The van der Waals surface area contributed by atoms with E-state index < -0.39 is 5.76 Å². The summed E-state index contributed by atoms with van der Waals surface area (Å²) in [5.74, 6) is -0.495. The first-order chi connectivity index (χ1) is 8.61. The van der Waals surface area contributed by atoms with Crippen molar-refractivity contribution in [1.82, 2.24) is 9.88 Å². The van der Waals surface area contributed by atoms with Crippen LogP contribution in [-0.4, -0.2) is 24.1 Å². The summed E-state index contributed by atoms with van der Waals surface area (Å²) in [5, 5.41) is 5.65. The zero-order chi connectivity index (χ0) is 13.1. The lowest BCUT2D eigenvalue weighted by molar-refractivity contribution is -0.116. The molecule has 0 saturated heterocycles. The zero-order valence-corrected chi connectivity index (χ0v) is 11.5. The number of fused-ring (bicyclic) bond motifs is 1. The number of amides is 1. The van der Waals surface area contributed by atoms with E-state index in [1.54, 1.807) is 32.3 Å². The predicted molar refractivity (Wildman–Crippen MR) is 75.9 cm³/mol. The van der Waals surface area contributed by atoms with Crippen molar-refractivity contribution < 1.29 is 9.21 Å². The van der Waals surface area contributed by atoms with Gasteiger partial charge in [-0.25, -0.2) is 4.79 Å². The van der Waals surface area contributed by atoms with Crippen molar-refractivity contribution in [2.24, 2.45) is 7.05 Å². The molecule has 2 N–H and O–H groups in total. The molecule has 0 aliphatic carbocycles. The molecule has 0 saturated carbocycles. The first-order valence-corrected chi connectivity index (χ1v) is 5.66. The Bertz CT molecular complexity index is 633. The molecule has 0 radical (unpaired) electrons. The molecule has 2 aromatic rings. The monoisotopic (exact) mass is 285 g/mol. The smallest absolute Gasteiger partial charge is 0.408 e. The molecule has 19 heavy (non-hydrogen) atoms. The average Bonchev–Trinajstić information content (AvgIpc) is 2.62. The van der Waals surface area contributed by atoms with E-state index in [4.69, 9.17) is 4.42 Å². The minimum Gasteiger partial charge on any atom is -0.408 e. The Labute approximate surface area is 116 Å². The highest BCUT2D eigenvalue weighted by atomic mass is 35.5. The highest BCUT2D eigenvalue weighted by molar-refractivity contribution is 5.92. The van der Waals surface area contributed by atoms with Gasteiger partial charge in [0.05, 0.1) is 5.52 Å². The number of aryl methyl sites for hydroxylation is 1. The molecule has 1 aromatic carbocycles. The Kier molecular flexibility index (Phi) is 5.14. The lowest BCUT2D eigenvalue weighted by atomic mass is 10.2. The molecule has 1 aromatic heterocycles. The van der Waals surface area contributed by atoms with Crippen LogP contribution in [0.4, 0.5) is 5.69 Å². The van der Waals surface area contributed by atoms with E-state index >= 15 is 0 Å². The van der Waals surface area contributed by atoms with Crippen LogP contribution in [0.3, 0.4) is 0 Å². The normalized spacial score (nSPS) is 10.2. The molecule has 0 aliphatic heterocycles. The predicted octanol–water partition coefficient (Wildman–Crippen LogP) is 1.10. The summed E-state index contributed by atoms with van der Waals surface area (Å²) >= 11 is 0. The number of aromatic nitrogens is 1. The van der Waals surface area contributed by atoms with E-state index in [0.717, 1.165) is 0 Å². The maximum atomic E-state index is 11.5. The van der Waals surface area contributed by atoms with Crippen LogP contribution < -0.4 is 16.4 Å².